The van der Waals surface area contributed by atoms with Crippen LogP contribution in [-0.4, -0.2) is 9.38 Å². The molecule has 66 valence electrons. The van der Waals surface area contributed by atoms with Crippen LogP contribution >= 0.6 is 11.3 Å². The minimum atomic E-state index is 0.388. The second kappa shape index (κ2) is 3.08. The van der Waals surface area contributed by atoms with Crippen LogP contribution in [0.2, 0.25) is 0 Å². The average molecular weight is 193 g/mol. The first-order valence-electron chi connectivity index (χ1n) is 3.74. The van der Waals surface area contributed by atoms with Crippen LogP contribution in [0.4, 0.5) is 0 Å². The number of imidazole rings is 1. The summed E-state index contributed by atoms with van der Waals surface area (Å²) in [5, 5.41) is 3.54. The smallest absolute Gasteiger partial charge is 0.119 e. The molecular weight excluding hydrogens is 186 g/mol. The van der Waals surface area contributed by atoms with Crippen molar-refractivity contribution in [3.63, 3.8) is 0 Å². The van der Waals surface area contributed by atoms with Crippen LogP contribution < -0.4 is 0 Å². The lowest BCUT2D eigenvalue weighted by Gasteiger charge is -1.93. The van der Waals surface area contributed by atoms with E-state index in [2.05, 4.69) is 15.0 Å². The number of nitrogens with zero attached hydrogens (tertiary/aromatic N) is 5. The molecule has 0 unspecified atom stereocenters. The lowest BCUT2D eigenvalue weighted by Crippen LogP contribution is -1.89. The first-order valence-corrected chi connectivity index (χ1v) is 4.56. The molecule has 0 radical (unpaired) electrons. The Kier molecular flexibility index (Phi) is 1.92. The van der Waals surface area contributed by atoms with E-state index in [0.717, 1.165) is 10.5 Å². The fourth-order valence-electron chi connectivity index (χ4n) is 1.23. The summed E-state index contributed by atoms with van der Waals surface area (Å²) in [5.74, 6) is 0. The number of rotatable bonds is 2. The van der Waals surface area contributed by atoms with Crippen molar-refractivity contribution >= 4 is 16.2 Å². The van der Waals surface area contributed by atoms with Gasteiger partial charge >= 0.3 is 0 Å². The molecule has 0 saturated heterocycles. The van der Waals surface area contributed by atoms with Gasteiger partial charge in [0.05, 0.1) is 12.7 Å². The Bertz CT molecular complexity index is 476. The van der Waals surface area contributed by atoms with E-state index in [0.29, 0.717) is 6.54 Å². The van der Waals surface area contributed by atoms with E-state index in [9.17, 15) is 0 Å². The molecule has 0 saturated carbocycles. The van der Waals surface area contributed by atoms with E-state index in [4.69, 9.17) is 5.53 Å². The van der Waals surface area contributed by atoms with Crippen LogP contribution in [0.25, 0.3) is 15.3 Å². The number of aromatic nitrogens is 2. The molecule has 2 aromatic heterocycles. The molecule has 0 aromatic carbocycles. The van der Waals surface area contributed by atoms with Gasteiger partial charge in [0.1, 0.15) is 11.2 Å². The quantitative estimate of drug-likeness (QED) is 0.410. The Labute approximate surface area is 78.3 Å². The van der Waals surface area contributed by atoms with Crippen molar-refractivity contribution in [2.75, 3.05) is 0 Å². The summed E-state index contributed by atoms with van der Waals surface area (Å²) in [6.07, 6.45) is 3.54. The van der Waals surface area contributed by atoms with E-state index in [-0.39, 0.29) is 0 Å². The normalized spacial score (nSPS) is 10.2. The van der Waals surface area contributed by atoms with Crippen LogP contribution in [0.15, 0.2) is 17.6 Å². The van der Waals surface area contributed by atoms with Crippen LogP contribution in [0.5, 0.6) is 0 Å². The summed E-state index contributed by atoms with van der Waals surface area (Å²) >= 11 is 1.65. The fourth-order valence-corrected chi connectivity index (χ4v) is 2.20. The van der Waals surface area contributed by atoms with Crippen molar-refractivity contribution in [1.82, 2.24) is 9.38 Å². The third-order valence-corrected chi connectivity index (χ3v) is 2.90. The third kappa shape index (κ3) is 1.26. The van der Waals surface area contributed by atoms with E-state index in [1.807, 2.05) is 11.3 Å². The number of thiazole rings is 1. The molecule has 0 spiro atoms. The molecule has 13 heavy (non-hydrogen) atoms. The zero-order valence-corrected chi connectivity index (χ0v) is 7.82. The van der Waals surface area contributed by atoms with E-state index >= 15 is 0 Å². The topological polar surface area (TPSA) is 66.1 Å². The van der Waals surface area contributed by atoms with Crippen molar-refractivity contribution < 1.29 is 0 Å². The van der Waals surface area contributed by atoms with Gasteiger partial charge in [-0.3, -0.25) is 4.40 Å². The molecule has 0 aliphatic carbocycles. The Hall–Kier alpha value is -1.52. The van der Waals surface area contributed by atoms with Gasteiger partial charge in [0, 0.05) is 15.5 Å². The highest BCUT2D eigenvalue weighted by atomic mass is 32.1. The van der Waals surface area contributed by atoms with Crippen molar-refractivity contribution in [2.24, 2.45) is 5.11 Å². The van der Waals surface area contributed by atoms with Crippen LogP contribution in [-0.2, 0) is 6.54 Å². The predicted octanol–water partition coefficient (Wildman–Crippen LogP) is 2.51. The largest absolute Gasteiger partial charge is 0.294 e. The molecule has 0 atom stereocenters. The maximum Gasteiger partial charge on any atom is 0.119 e. The molecule has 2 aromatic rings. The first kappa shape index (κ1) is 8.10. The van der Waals surface area contributed by atoms with Gasteiger partial charge in [-0.05, 0) is 12.5 Å². The summed E-state index contributed by atoms with van der Waals surface area (Å²) in [6.45, 7) is 2.40. The maximum absolute atomic E-state index is 8.22. The van der Waals surface area contributed by atoms with E-state index in [1.165, 1.54) is 4.88 Å². The van der Waals surface area contributed by atoms with Crippen LogP contribution in [0.1, 0.15) is 10.6 Å². The second-order valence-corrected chi connectivity index (χ2v) is 3.83. The lowest BCUT2D eigenvalue weighted by molar-refractivity contribution is 0.934. The SMILES string of the molecule is Cc1sc2cncn2c1CN=[N+]=[N-]. The van der Waals surface area contributed by atoms with Crippen molar-refractivity contribution in [3.8, 4) is 0 Å². The van der Waals surface area contributed by atoms with Crippen molar-refractivity contribution in [3.05, 3.63) is 33.5 Å². The summed E-state index contributed by atoms with van der Waals surface area (Å²) in [7, 11) is 0. The zero-order valence-electron chi connectivity index (χ0n) is 7.01. The van der Waals surface area contributed by atoms with Gasteiger partial charge in [-0.15, -0.1) is 11.3 Å². The second-order valence-electron chi connectivity index (χ2n) is 2.60. The van der Waals surface area contributed by atoms with Crippen LogP contribution in [0, 0.1) is 6.92 Å². The van der Waals surface area contributed by atoms with Gasteiger partial charge in [-0.1, -0.05) is 5.11 Å². The molecule has 0 amide bonds. The Morgan fingerprint density at radius 2 is 2.62 bits per heavy atom. The zero-order chi connectivity index (χ0) is 9.26. The summed E-state index contributed by atoms with van der Waals surface area (Å²) in [6, 6.07) is 0. The molecule has 0 fully saturated rings. The van der Waals surface area contributed by atoms with Crippen molar-refractivity contribution in [1.29, 1.82) is 0 Å². The Balaban J connectivity index is 2.56. The predicted molar refractivity (Wildman–Crippen MR) is 50.7 cm³/mol. The lowest BCUT2D eigenvalue weighted by atomic mass is 10.4. The van der Waals surface area contributed by atoms with Gasteiger partial charge < -0.3 is 0 Å². The van der Waals surface area contributed by atoms with E-state index < -0.39 is 0 Å². The number of hydrogen-bond donors (Lipinski definition) is 0. The summed E-state index contributed by atoms with van der Waals surface area (Å²) in [5.41, 5.74) is 9.24. The molecule has 0 aliphatic heterocycles. The molecule has 0 aliphatic rings. The molecule has 6 heteroatoms. The molecule has 0 N–H and O–H groups in total. The summed E-state index contributed by atoms with van der Waals surface area (Å²) in [4.78, 5) is 9.00. The number of hydrogen-bond acceptors (Lipinski definition) is 3. The van der Waals surface area contributed by atoms with Gasteiger partial charge in [-0.25, -0.2) is 4.98 Å². The van der Waals surface area contributed by atoms with Gasteiger partial charge in [0.2, 0.25) is 0 Å². The molecule has 5 nitrogen and oxygen atoms in total. The van der Waals surface area contributed by atoms with Gasteiger partial charge in [-0.2, -0.15) is 0 Å². The van der Waals surface area contributed by atoms with E-state index in [1.54, 1.807) is 23.9 Å². The number of fused-ring (bicyclic) bond motifs is 1. The summed E-state index contributed by atoms with van der Waals surface area (Å²) < 4.78 is 1.95. The molecular formula is C7H7N5S. The number of aryl methyl sites for hydroxylation is 1. The average Bonchev–Trinajstić information content (AvgIpc) is 2.62. The molecule has 0 bridgehead atoms. The Morgan fingerprint density at radius 1 is 1.77 bits per heavy atom. The number of azide groups is 1. The Morgan fingerprint density at radius 3 is 3.38 bits per heavy atom. The maximum atomic E-state index is 8.22. The fraction of sp³-hybridized carbons (Fsp3) is 0.286. The van der Waals surface area contributed by atoms with Crippen molar-refractivity contribution in [2.45, 2.75) is 13.5 Å². The third-order valence-electron chi connectivity index (χ3n) is 1.84. The minimum absolute atomic E-state index is 0.388. The monoisotopic (exact) mass is 193 g/mol. The van der Waals surface area contributed by atoms with Crippen LogP contribution in [0.3, 0.4) is 0 Å². The highest BCUT2D eigenvalue weighted by Crippen LogP contribution is 2.22. The first-order chi connectivity index (χ1) is 6.33. The standard InChI is InChI=1S/C7H7N5S/c1-5-6(2-10-11-8)12-4-9-3-7(12)13-5/h3-4H,2H2,1H3. The van der Waals surface area contributed by atoms with Gasteiger partial charge in [0.25, 0.3) is 0 Å². The molecule has 2 heterocycles. The highest BCUT2D eigenvalue weighted by molar-refractivity contribution is 7.17. The highest BCUT2D eigenvalue weighted by Gasteiger charge is 2.06. The van der Waals surface area contributed by atoms with Gasteiger partial charge in [0.15, 0.2) is 0 Å². The molecule has 2 rings (SSSR count). The minimum Gasteiger partial charge on any atom is -0.294 e.